The van der Waals surface area contributed by atoms with Gasteiger partial charge in [-0.25, -0.2) is 0 Å². The van der Waals surface area contributed by atoms with Gasteiger partial charge in [0.15, 0.2) is 0 Å². The molecule has 1 unspecified atom stereocenters. The first-order chi connectivity index (χ1) is 10.1. The Balaban J connectivity index is 2.22. The summed E-state index contributed by atoms with van der Waals surface area (Å²) in [5.41, 5.74) is 2.63. The van der Waals surface area contributed by atoms with Crippen molar-refractivity contribution < 1.29 is 0 Å². The minimum Gasteiger partial charge on any atom is -0.310 e. The predicted octanol–water partition coefficient (Wildman–Crippen LogP) is 4.55. The van der Waals surface area contributed by atoms with E-state index in [1.54, 1.807) is 0 Å². The van der Waals surface area contributed by atoms with Crippen LogP contribution >= 0.6 is 38.5 Å². The van der Waals surface area contributed by atoms with Gasteiger partial charge in [0.2, 0.25) is 0 Å². The van der Waals surface area contributed by atoms with Crippen molar-refractivity contribution in [3.63, 3.8) is 0 Å². The summed E-state index contributed by atoms with van der Waals surface area (Å²) in [5, 5.41) is 8.05. The standard InChI is InChI=1S/C16H21BrIN3/c1-3-7-19-16(8-12-10-20-21(4-2)11-12)14-9-13(17)5-6-15(14)18/h5-6,9-11,16,19H,3-4,7-8H2,1-2H3. The van der Waals surface area contributed by atoms with Crippen LogP contribution < -0.4 is 5.32 Å². The van der Waals surface area contributed by atoms with Crippen molar-refractivity contribution in [2.45, 2.75) is 39.3 Å². The maximum absolute atomic E-state index is 4.38. The highest BCUT2D eigenvalue weighted by molar-refractivity contribution is 14.1. The molecule has 0 amide bonds. The zero-order valence-corrected chi connectivity index (χ0v) is 16.2. The Hall–Kier alpha value is -0.400. The summed E-state index contributed by atoms with van der Waals surface area (Å²) in [7, 11) is 0. The second-order valence-corrected chi connectivity index (χ2v) is 7.16. The molecule has 0 aliphatic heterocycles. The molecule has 1 N–H and O–H groups in total. The van der Waals surface area contributed by atoms with Crippen LogP contribution in [-0.2, 0) is 13.0 Å². The second-order valence-electron chi connectivity index (χ2n) is 5.08. The minimum atomic E-state index is 0.323. The van der Waals surface area contributed by atoms with Crippen molar-refractivity contribution >= 4 is 38.5 Å². The number of aryl methyl sites for hydroxylation is 1. The molecule has 2 aromatic rings. The number of nitrogens with zero attached hydrogens (tertiary/aromatic N) is 2. The Labute approximate surface area is 148 Å². The lowest BCUT2D eigenvalue weighted by Gasteiger charge is -2.20. The summed E-state index contributed by atoms with van der Waals surface area (Å²) in [5.74, 6) is 0. The van der Waals surface area contributed by atoms with E-state index in [4.69, 9.17) is 0 Å². The first-order valence-electron chi connectivity index (χ1n) is 7.33. The van der Waals surface area contributed by atoms with E-state index in [2.05, 4.69) is 87.2 Å². The molecule has 1 aromatic carbocycles. The molecule has 0 aliphatic carbocycles. The number of hydrogen-bond donors (Lipinski definition) is 1. The van der Waals surface area contributed by atoms with E-state index < -0.39 is 0 Å². The zero-order valence-electron chi connectivity index (χ0n) is 12.4. The second kappa shape index (κ2) is 8.29. The first-order valence-corrected chi connectivity index (χ1v) is 9.20. The summed E-state index contributed by atoms with van der Waals surface area (Å²) < 4.78 is 4.41. The van der Waals surface area contributed by atoms with E-state index in [1.807, 2.05) is 10.9 Å². The molecule has 21 heavy (non-hydrogen) atoms. The summed E-state index contributed by atoms with van der Waals surface area (Å²) in [4.78, 5) is 0. The smallest absolute Gasteiger partial charge is 0.0522 e. The van der Waals surface area contributed by atoms with Crippen molar-refractivity contribution in [2.24, 2.45) is 0 Å². The van der Waals surface area contributed by atoms with Gasteiger partial charge in [-0.3, -0.25) is 4.68 Å². The van der Waals surface area contributed by atoms with Crippen LogP contribution in [0, 0.1) is 3.57 Å². The molecular formula is C16H21BrIN3. The normalized spacial score (nSPS) is 12.6. The van der Waals surface area contributed by atoms with Crippen LogP contribution in [-0.4, -0.2) is 16.3 Å². The van der Waals surface area contributed by atoms with Crippen molar-refractivity contribution in [2.75, 3.05) is 6.54 Å². The Morgan fingerprint density at radius 1 is 1.38 bits per heavy atom. The largest absolute Gasteiger partial charge is 0.310 e. The van der Waals surface area contributed by atoms with Gasteiger partial charge >= 0.3 is 0 Å². The number of hydrogen-bond acceptors (Lipinski definition) is 2. The third-order valence-electron chi connectivity index (χ3n) is 3.42. The Morgan fingerprint density at radius 3 is 2.86 bits per heavy atom. The number of rotatable bonds is 7. The highest BCUT2D eigenvalue weighted by atomic mass is 127. The van der Waals surface area contributed by atoms with Gasteiger partial charge in [-0.1, -0.05) is 22.9 Å². The number of benzene rings is 1. The molecule has 0 bridgehead atoms. The van der Waals surface area contributed by atoms with E-state index >= 15 is 0 Å². The van der Waals surface area contributed by atoms with E-state index in [9.17, 15) is 0 Å². The lowest BCUT2D eigenvalue weighted by Crippen LogP contribution is -2.24. The van der Waals surface area contributed by atoms with Gasteiger partial charge < -0.3 is 5.32 Å². The van der Waals surface area contributed by atoms with Crippen LogP contribution in [0.4, 0.5) is 0 Å². The zero-order chi connectivity index (χ0) is 15.2. The molecule has 0 fully saturated rings. The third-order valence-corrected chi connectivity index (χ3v) is 4.90. The highest BCUT2D eigenvalue weighted by Crippen LogP contribution is 2.26. The predicted molar refractivity (Wildman–Crippen MR) is 99.5 cm³/mol. The Morgan fingerprint density at radius 2 is 2.19 bits per heavy atom. The van der Waals surface area contributed by atoms with Gasteiger partial charge in [0.05, 0.1) is 6.20 Å². The number of halogens is 2. The van der Waals surface area contributed by atoms with Gasteiger partial charge in [-0.2, -0.15) is 5.10 Å². The van der Waals surface area contributed by atoms with Gasteiger partial charge in [0.25, 0.3) is 0 Å². The van der Waals surface area contributed by atoms with Gasteiger partial charge in [0.1, 0.15) is 0 Å². The third kappa shape index (κ3) is 4.79. The average Bonchev–Trinajstić information content (AvgIpc) is 2.94. The molecule has 0 spiro atoms. The van der Waals surface area contributed by atoms with Gasteiger partial charge in [0, 0.05) is 26.8 Å². The Kier molecular flexibility index (Phi) is 6.70. The fourth-order valence-corrected chi connectivity index (χ4v) is 3.40. The fraction of sp³-hybridized carbons (Fsp3) is 0.438. The van der Waals surface area contributed by atoms with Crippen LogP contribution in [0.15, 0.2) is 35.1 Å². The molecular weight excluding hydrogens is 441 g/mol. The molecule has 114 valence electrons. The molecule has 1 aromatic heterocycles. The fourth-order valence-electron chi connectivity index (χ4n) is 2.31. The summed E-state index contributed by atoms with van der Waals surface area (Å²) in [6.07, 6.45) is 6.22. The molecule has 0 saturated carbocycles. The van der Waals surface area contributed by atoms with Crippen LogP contribution in [0.3, 0.4) is 0 Å². The highest BCUT2D eigenvalue weighted by Gasteiger charge is 2.16. The van der Waals surface area contributed by atoms with Crippen LogP contribution in [0.2, 0.25) is 0 Å². The number of aromatic nitrogens is 2. The monoisotopic (exact) mass is 461 g/mol. The summed E-state index contributed by atoms with van der Waals surface area (Å²) >= 11 is 6.00. The Bertz CT molecular complexity index is 583. The van der Waals surface area contributed by atoms with Crippen molar-refractivity contribution in [3.05, 3.63) is 49.8 Å². The van der Waals surface area contributed by atoms with E-state index in [-0.39, 0.29) is 0 Å². The summed E-state index contributed by atoms with van der Waals surface area (Å²) in [6.45, 7) is 6.25. The quantitative estimate of drug-likeness (QED) is 0.613. The van der Waals surface area contributed by atoms with E-state index in [1.165, 1.54) is 14.7 Å². The van der Waals surface area contributed by atoms with Crippen molar-refractivity contribution in [1.82, 2.24) is 15.1 Å². The van der Waals surface area contributed by atoms with Crippen LogP contribution in [0.25, 0.3) is 0 Å². The van der Waals surface area contributed by atoms with E-state index in [0.717, 1.165) is 30.4 Å². The summed E-state index contributed by atoms with van der Waals surface area (Å²) in [6, 6.07) is 6.80. The lowest BCUT2D eigenvalue weighted by atomic mass is 10.0. The van der Waals surface area contributed by atoms with Crippen molar-refractivity contribution in [3.8, 4) is 0 Å². The average molecular weight is 462 g/mol. The molecule has 0 radical (unpaired) electrons. The topological polar surface area (TPSA) is 29.9 Å². The first kappa shape index (κ1) is 17.0. The van der Waals surface area contributed by atoms with E-state index in [0.29, 0.717) is 6.04 Å². The lowest BCUT2D eigenvalue weighted by molar-refractivity contribution is 0.527. The molecule has 1 heterocycles. The molecule has 1 atom stereocenters. The van der Waals surface area contributed by atoms with Crippen molar-refractivity contribution in [1.29, 1.82) is 0 Å². The van der Waals surface area contributed by atoms with Crippen LogP contribution in [0.1, 0.15) is 37.4 Å². The van der Waals surface area contributed by atoms with Crippen LogP contribution in [0.5, 0.6) is 0 Å². The maximum Gasteiger partial charge on any atom is 0.0522 e. The maximum atomic E-state index is 4.38. The molecule has 0 saturated heterocycles. The van der Waals surface area contributed by atoms with Gasteiger partial charge in [-0.05, 0) is 78.2 Å². The van der Waals surface area contributed by atoms with Gasteiger partial charge in [-0.15, -0.1) is 0 Å². The molecule has 2 rings (SSSR count). The molecule has 5 heteroatoms. The minimum absolute atomic E-state index is 0.323. The SMILES string of the molecule is CCCNC(Cc1cnn(CC)c1)c1cc(Br)ccc1I. The molecule has 0 aliphatic rings. The molecule has 3 nitrogen and oxygen atoms in total. The number of nitrogens with one attached hydrogen (secondary N) is 1.